The summed E-state index contributed by atoms with van der Waals surface area (Å²) in [6.45, 7) is 5.30. The van der Waals surface area contributed by atoms with E-state index in [0.717, 1.165) is 24.3 Å². The zero-order valence-electron chi connectivity index (χ0n) is 17.3. The predicted molar refractivity (Wildman–Crippen MR) is 111 cm³/mol. The number of aromatic nitrogens is 1. The van der Waals surface area contributed by atoms with E-state index < -0.39 is 5.41 Å². The van der Waals surface area contributed by atoms with Crippen molar-refractivity contribution in [2.24, 2.45) is 11.3 Å². The molecule has 2 saturated heterocycles. The molecule has 152 valence electrons. The zero-order valence-corrected chi connectivity index (χ0v) is 17.3. The lowest BCUT2D eigenvalue weighted by atomic mass is 9.80. The third kappa shape index (κ3) is 3.65. The Labute approximate surface area is 172 Å². The highest BCUT2D eigenvalue weighted by atomic mass is 16.2. The van der Waals surface area contributed by atoms with E-state index in [1.807, 2.05) is 48.4 Å². The van der Waals surface area contributed by atoms with Crippen LogP contribution in [-0.4, -0.2) is 71.8 Å². The number of nitrogens with zero attached hydrogens (tertiary/aromatic N) is 4. The van der Waals surface area contributed by atoms with E-state index in [2.05, 4.69) is 22.0 Å². The molecule has 2 atom stereocenters. The van der Waals surface area contributed by atoms with E-state index in [1.165, 1.54) is 0 Å². The maximum Gasteiger partial charge on any atom is 0.253 e. The maximum atomic E-state index is 13.2. The third-order valence-electron chi connectivity index (χ3n) is 6.18. The van der Waals surface area contributed by atoms with Gasteiger partial charge < -0.3 is 9.80 Å². The topological polar surface area (TPSA) is 56.8 Å². The minimum atomic E-state index is -0.543. The van der Waals surface area contributed by atoms with Crippen LogP contribution in [0.15, 0.2) is 48.7 Å². The van der Waals surface area contributed by atoms with Crippen molar-refractivity contribution in [2.45, 2.75) is 13.5 Å². The van der Waals surface area contributed by atoms with Crippen molar-refractivity contribution >= 4 is 11.8 Å². The zero-order chi connectivity index (χ0) is 20.6. The fourth-order valence-electron chi connectivity index (χ4n) is 4.78. The summed E-state index contributed by atoms with van der Waals surface area (Å²) < 4.78 is 0. The highest BCUT2D eigenvalue weighted by Gasteiger charge is 2.58. The lowest BCUT2D eigenvalue weighted by Gasteiger charge is -2.31. The summed E-state index contributed by atoms with van der Waals surface area (Å²) in [5.41, 5.74) is 2.29. The van der Waals surface area contributed by atoms with Crippen molar-refractivity contribution in [1.29, 1.82) is 0 Å². The van der Waals surface area contributed by atoms with Gasteiger partial charge in [0.2, 0.25) is 5.91 Å². The SMILES string of the molecule is Cc1ccc(CN2C[C@@H]3CN(C(=O)c4ccccc4)C[C@]3(C(=O)N(C)C)C2)nc1. The van der Waals surface area contributed by atoms with Crippen LogP contribution in [0.4, 0.5) is 0 Å². The van der Waals surface area contributed by atoms with Crippen LogP contribution in [0.5, 0.6) is 0 Å². The van der Waals surface area contributed by atoms with Gasteiger partial charge in [-0.25, -0.2) is 0 Å². The first kappa shape index (κ1) is 19.6. The molecular formula is C23H28N4O2. The van der Waals surface area contributed by atoms with Crippen LogP contribution in [0.1, 0.15) is 21.6 Å². The molecule has 0 spiro atoms. The molecule has 1 aromatic carbocycles. The first-order chi connectivity index (χ1) is 13.9. The van der Waals surface area contributed by atoms with Gasteiger partial charge in [0, 0.05) is 64.5 Å². The van der Waals surface area contributed by atoms with E-state index in [0.29, 0.717) is 25.2 Å². The number of likely N-dealkylation sites (tertiary alicyclic amines) is 2. The fraction of sp³-hybridized carbons (Fsp3) is 0.435. The van der Waals surface area contributed by atoms with Gasteiger partial charge in [-0.1, -0.05) is 24.3 Å². The van der Waals surface area contributed by atoms with Crippen LogP contribution < -0.4 is 0 Å². The monoisotopic (exact) mass is 392 g/mol. The highest BCUT2D eigenvalue weighted by molar-refractivity contribution is 5.95. The summed E-state index contributed by atoms with van der Waals surface area (Å²) in [4.78, 5) is 36.6. The summed E-state index contributed by atoms with van der Waals surface area (Å²) >= 11 is 0. The molecule has 2 aromatic rings. The number of fused-ring (bicyclic) bond motifs is 1. The number of amides is 2. The van der Waals surface area contributed by atoms with E-state index >= 15 is 0 Å². The van der Waals surface area contributed by atoms with Crippen LogP contribution in [0, 0.1) is 18.3 Å². The number of carbonyl (C=O) groups excluding carboxylic acids is 2. The third-order valence-corrected chi connectivity index (χ3v) is 6.18. The molecule has 3 heterocycles. The second kappa shape index (κ2) is 7.59. The number of benzene rings is 1. The Kier molecular flexibility index (Phi) is 5.13. The Morgan fingerprint density at radius 3 is 2.52 bits per heavy atom. The van der Waals surface area contributed by atoms with Crippen molar-refractivity contribution in [2.75, 3.05) is 40.3 Å². The molecule has 0 N–H and O–H groups in total. The van der Waals surface area contributed by atoms with E-state index in [9.17, 15) is 9.59 Å². The second-order valence-electron chi connectivity index (χ2n) is 8.60. The Morgan fingerprint density at radius 1 is 1.10 bits per heavy atom. The quantitative estimate of drug-likeness (QED) is 0.799. The standard InChI is InChI=1S/C23H28N4O2/c1-17-9-10-20(24-11-17)14-26-12-19-13-27(21(28)18-7-5-4-6-8-18)16-23(19,15-26)22(29)25(2)3/h4-11,19H,12-16H2,1-3H3/t19-,23-/m1/s1. The highest BCUT2D eigenvalue weighted by Crippen LogP contribution is 2.44. The normalized spacial score (nSPS) is 23.8. The van der Waals surface area contributed by atoms with Crippen molar-refractivity contribution in [3.8, 4) is 0 Å². The van der Waals surface area contributed by atoms with Crippen molar-refractivity contribution < 1.29 is 9.59 Å². The molecule has 1 aromatic heterocycles. The van der Waals surface area contributed by atoms with E-state index in [-0.39, 0.29) is 17.7 Å². The van der Waals surface area contributed by atoms with Crippen molar-refractivity contribution in [1.82, 2.24) is 19.7 Å². The first-order valence-corrected chi connectivity index (χ1v) is 10.1. The lowest BCUT2D eigenvalue weighted by Crippen LogP contribution is -2.47. The smallest absolute Gasteiger partial charge is 0.253 e. The molecule has 4 rings (SSSR count). The fourth-order valence-corrected chi connectivity index (χ4v) is 4.78. The molecule has 2 fully saturated rings. The van der Waals surface area contributed by atoms with Gasteiger partial charge in [0.15, 0.2) is 0 Å². The van der Waals surface area contributed by atoms with Gasteiger partial charge >= 0.3 is 0 Å². The molecule has 2 aliphatic rings. The number of hydrogen-bond acceptors (Lipinski definition) is 4. The van der Waals surface area contributed by atoms with Gasteiger partial charge in [-0.15, -0.1) is 0 Å². The molecule has 2 amide bonds. The average molecular weight is 393 g/mol. The molecule has 0 aliphatic carbocycles. The van der Waals surface area contributed by atoms with Crippen LogP contribution in [0.2, 0.25) is 0 Å². The van der Waals surface area contributed by atoms with Gasteiger partial charge in [-0.3, -0.25) is 19.5 Å². The molecule has 0 saturated carbocycles. The number of carbonyl (C=O) groups is 2. The summed E-state index contributed by atoms with van der Waals surface area (Å²) in [7, 11) is 3.61. The Morgan fingerprint density at radius 2 is 1.86 bits per heavy atom. The van der Waals surface area contributed by atoms with E-state index in [1.54, 1.807) is 19.0 Å². The van der Waals surface area contributed by atoms with Crippen LogP contribution >= 0.6 is 0 Å². The van der Waals surface area contributed by atoms with Gasteiger partial charge in [0.25, 0.3) is 5.91 Å². The number of aryl methyl sites for hydroxylation is 1. The summed E-state index contributed by atoms with van der Waals surface area (Å²) in [5, 5.41) is 0. The number of hydrogen-bond donors (Lipinski definition) is 0. The van der Waals surface area contributed by atoms with Crippen LogP contribution in [0.25, 0.3) is 0 Å². The Hall–Kier alpha value is -2.73. The average Bonchev–Trinajstić information content (AvgIpc) is 3.24. The summed E-state index contributed by atoms with van der Waals surface area (Å²) in [6.07, 6.45) is 1.88. The minimum Gasteiger partial charge on any atom is -0.348 e. The van der Waals surface area contributed by atoms with Gasteiger partial charge in [0.05, 0.1) is 11.1 Å². The Balaban J connectivity index is 1.54. The molecule has 6 heteroatoms. The number of rotatable bonds is 4. The van der Waals surface area contributed by atoms with Gasteiger partial charge in [-0.05, 0) is 30.7 Å². The molecular weight excluding hydrogens is 364 g/mol. The van der Waals surface area contributed by atoms with Gasteiger partial charge in [0.1, 0.15) is 0 Å². The molecule has 0 radical (unpaired) electrons. The molecule has 0 bridgehead atoms. The molecule has 6 nitrogen and oxygen atoms in total. The number of pyridine rings is 1. The summed E-state index contributed by atoms with van der Waals surface area (Å²) in [6, 6.07) is 13.5. The summed E-state index contributed by atoms with van der Waals surface area (Å²) in [5.74, 6) is 0.262. The van der Waals surface area contributed by atoms with Crippen LogP contribution in [0.3, 0.4) is 0 Å². The predicted octanol–water partition coefficient (Wildman–Crippen LogP) is 2.05. The lowest BCUT2D eigenvalue weighted by molar-refractivity contribution is -0.139. The maximum absolute atomic E-state index is 13.2. The van der Waals surface area contributed by atoms with Crippen molar-refractivity contribution in [3.05, 3.63) is 65.5 Å². The molecule has 2 aliphatic heterocycles. The van der Waals surface area contributed by atoms with Crippen molar-refractivity contribution in [3.63, 3.8) is 0 Å². The van der Waals surface area contributed by atoms with Crippen LogP contribution in [-0.2, 0) is 11.3 Å². The second-order valence-corrected chi connectivity index (χ2v) is 8.60. The first-order valence-electron chi connectivity index (χ1n) is 10.1. The molecule has 29 heavy (non-hydrogen) atoms. The minimum absolute atomic E-state index is 0.0117. The Bertz CT molecular complexity index is 897. The van der Waals surface area contributed by atoms with E-state index in [4.69, 9.17) is 0 Å². The molecule has 0 unspecified atom stereocenters. The van der Waals surface area contributed by atoms with Gasteiger partial charge in [-0.2, -0.15) is 0 Å². The largest absolute Gasteiger partial charge is 0.348 e.